The molecule has 6 nitrogen and oxygen atoms in total. The Balaban J connectivity index is 1.64. The Labute approximate surface area is 192 Å². The van der Waals surface area contributed by atoms with Gasteiger partial charge in [-0.3, -0.25) is 9.59 Å². The zero-order chi connectivity index (χ0) is 23.5. The molecule has 0 saturated carbocycles. The monoisotopic (exact) mass is 489 g/mol. The number of anilines is 2. The van der Waals surface area contributed by atoms with Crippen LogP contribution in [0.25, 0.3) is 0 Å². The number of benzene rings is 1. The first-order valence-electron chi connectivity index (χ1n) is 9.80. The Kier molecular flexibility index (Phi) is 7.51. The SMILES string of the molecule is CC(OC(=O)C1CCCN(c2ncccc2C(F)(F)F)C1)C(=O)Nc1cccc(Cl)c1Cl. The van der Waals surface area contributed by atoms with Crippen molar-refractivity contribution in [3.05, 3.63) is 52.1 Å². The predicted octanol–water partition coefficient (Wildman–Crippen LogP) is 5.19. The Morgan fingerprint density at radius 1 is 1.25 bits per heavy atom. The summed E-state index contributed by atoms with van der Waals surface area (Å²) in [6, 6.07) is 6.88. The second kappa shape index (κ2) is 9.95. The summed E-state index contributed by atoms with van der Waals surface area (Å²) in [6.07, 6.45) is -3.52. The lowest BCUT2D eigenvalue weighted by Gasteiger charge is -2.34. The molecule has 2 unspecified atom stereocenters. The number of halogens is 5. The van der Waals surface area contributed by atoms with Gasteiger partial charge in [-0.15, -0.1) is 0 Å². The number of carbonyl (C=O) groups excluding carboxylic acids is 2. The van der Waals surface area contributed by atoms with Crippen LogP contribution in [-0.2, 0) is 20.5 Å². The van der Waals surface area contributed by atoms with Crippen LogP contribution in [0.5, 0.6) is 0 Å². The highest BCUT2D eigenvalue weighted by Crippen LogP contribution is 2.36. The van der Waals surface area contributed by atoms with Gasteiger partial charge in [0.25, 0.3) is 5.91 Å². The molecule has 0 radical (unpaired) electrons. The molecule has 1 aliphatic rings. The number of piperidine rings is 1. The summed E-state index contributed by atoms with van der Waals surface area (Å²) >= 11 is 12.0. The van der Waals surface area contributed by atoms with Gasteiger partial charge in [0.15, 0.2) is 6.10 Å². The van der Waals surface area contributed by atoms with Crippen molar-refractivity contribution < 1.29 is 27.5 Å². The highest BCUT2D eigenvalue weighted by atomic mass is 35.5. The quantitative estimate of drug-likeness (QED) is 0.584. The highest BCUT2D eigenvalue weighted by Gasteiger charge is 2.38. The number of hydrogen-bond acceptors (Lipinski definition) is 5. The van der Waals surface area contributed by atoms with Gasteiger partial charge < -0.3 is 15.0 Å². The van der Waals surface area contributed by atoms with Gasteiger partial charge in [0.1, 0.15) is 5.82 Å². The molecule has 3 rings (SSSR count). The highest BCUT2D eigenvalue weighted by molar-refractivity contribution is 6.44. The van der Waals surface area contributed by atoms with Gasteiger partial charge in [-0.05, 0) is 44.0 Å². The van der Waals surface area contributed by atoms with Gasteiger partial charge in [0, 0.05) is 19.3 Å². The summed E-state index contributed by atoms with van der Waals surface area (Å²) in [6.45, 7) is 1.73. The van der Waals surface area contributed by atoms with Gasteiger partial charge >= 0.3 is 12.1 Å². The third kappa shape index (κ3) is 5.63. The molecule has 1 saturated heterocycles. The van der Waals surface area contributed by atoms with Crippen LogP contribution in [0.15, 0.2) is 36.5 Å². The maximum Gasteiger partial charge on any atom is 0.419 e. The molecule has 11 heteroatoms. The smallest absolute Gasteiger partial charge is 0.419 e. The standard InChI is InChI=1S/C21H20Cl2F3N3O3/c1-12(19(30)28-16-8-2-7-15(22)17(16)23)32-20(31)13-5-4-10-29(11-13)18-14(21(24,25)26)6-3-9-27-18/h2-3,6-9,12-13H,4-5,10-11H2,1H3,(H,28,30). The lowest BCUT2D eigenvalue weighted by molar-refractivity contribution is -0.157. The number of esters is 1. The summed E-state index contributed by atoms with van der Waals surface area (Å²) in [5.41, 5.74) is -0.592. The first-order valence-corrected chi connectivity index (χ1v) is 10.6. The van der Waals surface area contributed by atoms with Crippen LogP contribution < -0.4 is 10.2 Å². The van der Waals surface area contributed by atoms with Crippen LogP contribution in [0.3, 0.4) is 0 Å². The average Bonchev–Trinajstić information content (AvgIpc) is 2.76. The fourth-order valence-corrected chi connectivity index (χ4v) is 3.74. The fraction of sp³-hybridized carbons (Fsp3) is 0.381. The van der Waals surface area contributed by atoms with E-state index in [1.165, 1.54) is 24.1 Å². The molecule has 32 heavy (non-hydrogen) atoms. The summed E-state index contributed by atoms with van der Waals surface area (Å²) in [7, 11) is 0. The molecular formula is C21H20Cl2F3N3O3. The van der Waals surface area contributed by atoms with Crippen molar-refractivity contribution in [3.63, 3.8) is 0 Å². The maximum atomic E-state index is 13.3. The first-order chi connectivity index (χ1) is 15.1. The number of pyridine rings is 1. The van der Waals surface area contributed by atoms with E-state index < -0.39 is 35.6 Å². The molecule has 1 aromatic heterocycles. The van der Waals surface area contributed by atoms with Crippen molar-refractivity contribution in [3.8, 4) is 0 Å². The van der Waals surface area contributed by atoms with Crippen LogP contribution in [0.1, 0.15) is 25.3 Å². The van der Waals surface area contributed by atoms with Crippen molar-refractivity contribution in [1.29, 1.82) is 0 Å². The third-order valence-corrected chi connectivity index (χ3v) is 5.84. The number of alkyl halides is 3. The van der Waals surface area contributed by atoms with E-state index in [4.69, 9.17) is 27.9 Å². The summed E-state index contributed by atoms with van der Waals surface area (Å²) in [5.74, 6) is -2.20. The second-order valence-corrected chi connectivity index (χ2v) is 8.11. The molecule has 1 fully saturated rings. The number of rotatable bonds is 5. The third-order valence-electron chi connectivity index (χ3n) is 5.02. The van der Waals surface area contributed by atoms with Crippen LogP contribution in [0.2, 0.25) is 10.0 Å². The number of amides is 1. The molecule has 0 spiro atoms. The zero-order valence-corrected chi connectivity index (χ0v) is 18.5. The van der Waals surface area contributed by atoms with Crippen LogP contribution in [0, 0.1) is 5.92 Å². The number of hydrogen-bond donors (Lipinski definition) is 1. The Morgan fingerprint density at radius 3 is 2.72 bits per heavy atom. The van der Waals surface area contributed by atoms with Gasteiger partial charge in [-0.1, -0.05) is 29.3 Å². The number of carbonyl (C=O) groups is 2. The second-order valence-electron chi connectivity index (χ2n) is 7.33. The molecule has 0 bridgehead atoms. The molecule has 1 aromatic carbocycles. The molecule has 172 valence electrons. The minimum atomic E-state index is -4.56. The molecular weight excluding hydrogens is 470 g/mol. The van der Waals surface area contributed by atoms with Crippen LogP contribution >= 0.6 is 23.2 Å². The van der Waals surface area contributed by atoms with E-state index in [1.54, 1.807) is 18.2 Å². The number of aromatic nitrogens is 1. The van der Waals surface area contributed by atoms with E-state index in [0.717, 1.165) is 6.07 Å². The van der Waals surface area contributed by atoms with Gasteiger partial charge in [-0.25, -0.2) is 4.98 Å². The van der Waals surface area contributed by atoms with Crippen molar-refractivity contribution in [2.24, 2.45) is 5.92 Å². The molecule has 1 amide bonds. The predicted molar refractivity (Wildman–Crippen MR) is 115 cm³/mol. The van der Waals surface area contributed by atoms with Crippen LogP contribution in [0.4, 0.5) is 24.7 Å². The average molecular weight is 490 g/mol. The molecule has 2 heterocycles. The van der Waals surface area contributed by atoms with E-state index in [0.29, 0.717) is 19.4 Å². The number of nitrogens with one attached hydrogen (secondary N) is 1. The van der Waals surface area contributed by atoms with E-state index in [1.807, 2.05) is 0 Å². The van der Waals surface area contributed by atoms with E-state index in [-0.39, 0.29) is 28.1 Å². The van der Waals surface area contributed by atoms with E-state index >= 15 is 0 Å². The van der Waals surface area contributed by atoms with Crippen LogP contribution in [-0.4, -0.2) is 36.1 Å². The van der Waals surface area contributed by atoms with Crippen molar-refractivity contribution in [2.45, 2.75) is 32.0 Å². The molecule has 1 N–H and O–H groups in total. The van der Waals surface area contributed by atoms with E-state index in [9.17, 15) is 22.8 Å². The van der Waals surface area contributed by atoms with E-state index in [2.05, 4.69) is 10.3 Å². The number of ether oxygens (including phenoxy) is 1. The minimum absolute atomic E-state index is 0.00733. The lowest BCUT2D eigenvalue weighted by atomic mass is 9.97. The number of nitrogens with zero attached hydrogens (tertiary/aromatic N) is 2. The van der Waals surface area contributed by atoms with Gasteiger partial charge in [0.2, 0.25) is 0 Å². The fourth-order valence-electron chi connectivity index (χ4n) is 3.39. The Morgan fingerprint density at radius 2 is 2.00 bits per heavy atom. The van der Waals surface area contributed by atoms with Crippen molar-refractivity contribution >= 4 is 46.6 Å². The molecule has 0 aliphatic carbocycles. The minimum Gasteiger partial charge on any atom is -0.452 e. The summed E-state index contributed by atoms with van der Waals surface area (Å²) in [5, 5.41) is 2.95. The van der Waals surface area contributed by atoms with Crippen molar-refractivity contribution in [2.75, 3.05) is 23.3 Å². The summed E-state index contributed by atoms with van der Waals surface area (Å²) < 4.78 is 45.3. The normalized spacial score (nSPS) is 17.6. The first kappa shape index (κ1) is 24.1. The van der Waals surface area contributed by atoms with Gasteiger partial charge in [0.05, 0.1) is 27.2 Å². The lowest BCUT2D eigenvalue weighted by Crippen LogP contribution is -2.42. The molecule has 1 aliphatic heterocycles. The molecule has 2 aromatic rings. The zero-order valence-electron chi connectivity index (χ0n) is 17.0. The topological polar surface area (TPSA) is 71.5 Å². The maximum absolute atomic E-state index is 13.3. The van der Waals surface area contributed by atoms with Crippen molar-refractivity contribution in [1.82, 2.24) is 4.98 Å². The largest absolute Gasteiger partial charge is 0.452 e. The van der Waals surface area contributed by atoms with Gasteiger partial charge in [-0.2, -0.15) is 13.2 Å². The Bertz CT molecular complexity index is 1000. The summed E-state index contributed by atoms with van der Waals surface area (Å²) in [4.78, 5) is 30.3. The molecule has 2 atom stereocenters. The Hall–Kier alpha value is -2.52.